The Kier molecular flexibility index (Phi) is 6.03. The second kappa shape index (κ2) is 8.90. The number of nitrogens with one attached hydrogen (secondary N) is 2. The number of hydrogen-bond donors (Lipinski definition) is 2. The van der Waals surface area contributed by atoms with Crippen LogP contribution in [-0.2, 0) is 24.5 Å². The van der Waals surface area contributed by atoms with Crippen molar-refractivity contribution in [1.29, 1.82) is 0 Å². The molecule has 1 aliphatic heterocycles. The van der Waals surface area contributed by atoms with Gasteiger partial charge in [-0.05, 0) is 44.4 Å². The van der Waals surface area contributed by atoms with Crippen molar-refractivity contribution >= 4 is 18.0 Å². The second-order valence-electron chi connectivity index (χ2n) is 7.97. The van der Waals surface area contributed by atoms with Crippen molar-refractivity contribution in [3.8, 4) is 0 Å². The Bertz CT molecular complexity index is 1050. The molecule has 1 fully saturated rings. The number of carbonyl (C=O) groups excluding carboxylic acids is 3. The maximum Gasteiger partial charge on any atom is 0.338 e. The number of ether oxygens (including phenoxy) is 2. The van der Waals surface area contributed by atoms with Crippen molar-refractivity contribution in [3.63, 3.8) is 0 Å². The third-order valence-corrected chi connectivity index (χ3v) is 5.97. The van der Waals surface area contributed by atoms with E-state index in [1.54, 1.807) is 26.0 Å². The zero-order chi connectivity index (χ0) is 22.7. The molecular formula is C24H26N2O6. The highest BCUT2D eigenvalue weighted by atomic mass is 16.5. The van der Waals surface area contributed by atoms with E-state index < -0.39 is 23.5 Å². The number of hydrogen-bond acceptors (Lipinski definition) is 6. The molecule has 1 atom stereocenters. The molecule has 0 saturated heterocycles. The lowest BCUT2D eigenvalue weighted by Crippen LogP contribution is -2.48. The molecule has 2 aliphatic rings. The highest BCUT2D eigenvalue weighted by Gasteiger charge is 2.47. The Hall–Kier alpha value is -3.55. The maximum atomic E-state index is 13.1. The van der Waals surface area contributed by atoms with E-state index in [2.05, 4.69) is 10.6 Å². The molecule has 2 aromatic rings. The van der Waals surface area contributed by atoms with E-state index in [-0.39, 0.29) is 30.5 Å². The Morgan fingerprint density at radius 1 is 1.12 bits per heavy atom. The number of furan rings is 1. The van der Waals surface area contributed by atoms with Gasteiger partial charge in [0.05, 0.1) is 23.3 Å². The van der Waals surface area contributed by atoms with Gasteiger partial charge in [-0.1, -0.05) is 36.8 Å². The Labute approximate surface area is 186 Å². The molecule has 1 aromatic heterocycles. The van der Waals surface area contributed by atoms with Gasteiger partial charge in [-0.2, -0.15) is 0 Å². The number of amides is 2. The van der Waals surface area contributed by atoms with E-state index in [0.717, 1.165) is 12.0 Å². The highest BCUT2D eigenvalue weighted by molar-refractivity contribution is 5.95. The van der Waals surface area contributed by atoms with Gasteiger partial charge in [0, 0.05) is 0 Å². The van der Waals surface area contributed by atoms with Gasteiger partial charge in [0.25, 0.3) is 0 Å². The van der Waals surface area contributed by atoms with Crippen molar-refractivity contribution in [3.05, 3.63) is 70.8 Å². The minimum atomic E-state index is -0.850. The second-order valence-corrected chi connectivity index (χ2v) is 7.97. The summed E-state index contributed by atoms with van der Waals surface area (Å²) in [7, 11) is 0. The molecule has 0 spiro atoms. The van der Waals surface area contributed by atoms with Crippen LogP contribution in [0.3, 0.4) is 0 Å². The summed E-state index contributed by atoms with van der Waals surface area (Å²) < 4.78 is 16.5. The molecule has 1 aromatic carbocycles. The van der Waals surface area contributed by atoms with Crippen molar-refractivity contribution in [2.75, 3.05) is 13.2 Å². The van der Waals surface area contributed by atoms with Gasteiger partial charge in [-0.3, -0.25) is 4.79 Å². The molecule has 168 valence electrons. The van der Waals surface area contributed by atoms with E-state index in [1.807, 2.05) is 30.3 Å². The summed E-state index contributed by atoms with van der Waals surface area (Å²) in [6, 6.07) is 11.6. The first kappa shape index (κ1) is 21.7. The fourth-order valence-electron chi connectivity index (χ4n) is 4.18. The molecule has 32 heavy (non-hydrogen) atoms. The van der Waals surface area contributed by atoms with Crippen LogP contribution in [0, 0.1) is 6.92 Å². The van der Waals surface area contributed by atoms with Crippen LogP contribution < -0.4 is 10.6 Å². The van der Waals surface area contributed by atoms with Crippen LogP contribution in [0.2, 0.25) is 0 Å². The summed E-state index contributed by atoms with van der Waals surface area (Å²) in [6.45, 7) is 3.36. The van der Waals surface area contributed by atoms with Gasteiger partial charge in [0.1, 0.15) is 24.2 Å². The molecule has 8 heteroatoms. The third-order valence-electron chi connectivity index (χ3n) is 5.97. The molecule has 8 nitrogen and oxygen atoms in total. The average molecular weight is 438 g/mol. The minimum Gasteiger partial charge on any atom is -0.464 e. The Balaban J connectivity index is 1.62. The van der Waals surface area contributed by atoms with E-state index in [1.165, 1.54) is 0 Å². The third kappa shape index (κ3) is 4.00. The van der Waals surface area contributed by atoms with Gasteiger partial charge in [-0.25, -0.2) is 9.59 Å². The summed E-state index contributed by atoms with van der Waals surface area (Å²) in [5.41, 5.74) is 0.549. The maximum absolute atomic E-state index is 13.1. The first-order valence-corrected chi connectivity index (χ1v) is 10.7. The monoisotopic (exact) mass is 438 g/mol. The van der Waals surface area contributed by atoms with Crippen LogP contribution in [-0.4, -0.2) is 31.2 Å². The zero-order valence-electron chi connectivity index (χ0n) is 18.1. The molecule has 1 aliphatic carbocycles. The first-order chi connectivity index (χ1) is 15.4. The smallest absolute Gasteiger partial charge is 0.338 e. The van der Waals surface area contributed by atoms with Crippen LogP contribution in [0.25, 0.3) is 0 Å². The fraction of sp³-hybridized carbons (Fsp3) is 0.375. The molecule has 0 radical (unpaired) electrons. The van der Waals surface area contributed by atoms with Gasteiger partial charge in [0.15, 0.2) is 0 Å². The van der Waals surface area contributed by atoms with Gasteiger partial charge in [-0.15, -0.1) is 0 Å². The van der Waals surface area contributed by atoms with Crippen LogP contribution in [0.15, 0.2) is 58.2 Å². The minimum absolute atomic E-state index is 0.149. The number of urea groups is 1. The van der Waals surface area contributed by atoms with Crippen molar-refractivity contribution in [2.24, 2.45) is 0 Å². The SMILES string of the molecule is CCOC(=O)C1=C(COC(=O)C2(c3ccccc3)CCC2)NC(=O)NC1c1ccc(C)o1. The molecule has 2 heterocycles. The lowest BCUT2D eigenvalue weighted by atomic mass is 9.64. The van der Waals surface area contributed by atoms with Crippen LogP contribution >= 0.6 is 0 Å². The first-order valence-electron chi connectivity index (χ1n) is 10.7. The van der Waals surface area contributed by atoms with Crippen molar-refractivity contribution < 1.29 is 28.3 Å². The number of benzene rings is 1. The standard InChI is InChI=1S/C24H26N2O6/c1-3-30-21(27)19-17(25-23(29)26-20(19)18-11-10-15(2)32-18)14-31-22(28)24(12-7-13-24)16-8-5-4-6-9-16/h4-6,8-11,20H,3,7,12-14H2,1-2H3,(H2,25,26,29). The Morgan fingerprint density at radius 2 is 1.88 bits per heavy atom. The lowest BCUT2D eigenvalue weighted by molar-refractivity contribution is -0.153. The predicted octanol–water partition coefficient (Wildman–Crippen LogP) is 3.42. The van der Waals surface area contributed by atoms with Crippen LogP contribution in [0.1, 0.15) is 49.3 Å². The summed E-state index contributed by atoms with van der Waals surface area (Å²) in [5.74, 6) is 0.0399. The normalized spacial score (nSPS) is 19.4. The van der Waals surface area contributed by atoms with E-state index in [9.17, 15) is 14.4 Å². The summed E-state index contributed by atoms with van der Waals surface area (Å²) >= 11 is 0. The number of esters is 2. The summed E-state index contributed by atoms with van der Waals surface area (Å²) in [5, 5.41) is 5.29. The average Bonchev–Trinajstić information content (AvgIpc) is 3.18. The van der Waals surface area contributed by atoms with Gasteiger partial charge < -0.3 is 24.5 Å². The van der Waals surface area contributed by atoms with Crippen molar-refractivity contribution in [2.45, 2.75) is 44.6 Å². The number of carbonyl (C=O) groups is 3. The van der Waals surface area contributed by atoms with Crippen molar-refractivity contribution in [1.82, 2.24) is 10.6 Å². The van der Waals surface area contributed by atoms with Crippen LogP contribution in [0.4, 0.5) is 4.79 Å². The summed E-state index contributed by atoms with van der Waals surface area (Å²) in [6.07, 6.45) is 2.32. The van der Waals surface area contributed by atoms with Gasteiger partial charge in [0.2, 0.25) is 0 Å². The Morgan fingerprint density at radius 3 is 2.47 bits per heavy atom. The fourth-order valence-corrected chi connectivity index (χ4v) is 4.18. The molecule has 2 amide bonds. The van der Waals surface area contributed by atoms with E-state index in [0.29, 0.717) is 24.4 Å². The molecule has 1 saturated carbocycles. The number of rotatable bonds is 7. The number of aryl methyl sites for hydroxylation is 1. The van der Waals surface area contributed by atoms with E-state index >= 15 is 0 Å². The molecule has 2 N–H and O–H groups in total. The molecule has 4 rings (SSSR count). The largest absolute Gasteiger partial charge is 0.464 e. The highest BCUT2D eigenvalue weighted by Crippen LogP contribution is 2.44. The molecular weight excluding hydrogens is 412 g/mol. The predicted molar refractivity (Wildman–Crippen MR) is 114 cm³/mol. The summed E-state index contributed by atoms with van der Waals surface area (Å²) in [4.78, 5) is 38.2. The quantitative estimate of drug-likeness (QED) is 0.642. The van der Waals surface area contributed by atoms with E-state index in [4.69, 9.17) is 13.9 Å². The zero-order valence-corrected chi connectivity index (χ0v) is 18.1. The van der Waals surface area contributed by atoms with Gasteiger partial charge >= 0.3 is 18.0 Å². The topological polar surface area (TPSA) is 107 Å². The molecule has 1 unspecified atom stereocenters. The van der Waals surface area contributed by atoms with Crippen LogP contribution in [0.5, 0.6) is 0 Å². The lowest BCUT2D eigenvalue weighted by Gasteiger charge is -2.40. The molecule has 0 bridgehead atoms.